The van der Waals surface area contributed by atoms with Crippen molar-refractivity contribution in [2.24, 2.45) is 11.8 Å². The Balaban J connectivity index is 2.99. The normalized spacial score (nSPS) is 12.1. The third-order valence-electron chi connectivity index (χ3n) is 2.52. The summed E-state index contributed by atoms with van der Waals surface area (Å²) in [5.41, 5.74) is 1.74. The van der Waals surface area contributed by atoms with Gasteiger partial charge < -0.3 is 5.32 Å². The van der Waals surface area contributed by atoms with Crippen LogP contribution in [0.2, 0.25) is 0 Å². The molecule has 0 bridgehead atoms. The minimum absolute atomic E-state index is 0.0157. The molecule has 1 aromatic rings. The fraction of sp³-hybridized carbons (Fsp3) is 0.385. The Labute approximate surface area is 124 Å². The zero-order valence-corrected chi connectivity index (χ0v) is 13.6. The summed E-state index contributed by atoms with van der Waals surface area (Å²) in [5.74, 6) is -0.944. The van der Waals surface area contributed by atoms with Gasteiger partial charge in [-0.15, -0.1) is 0 Å². The van der Waals surface area contributed by atoms with E-state index in [0.29, 0.717) is 5.69 Å². The maximum atomic E-state index is 12.0. The lowest BCUT2D eigenvalue weighted by Gasteiger charge is -2.15. The molecule has 1 amide bonds. The summed E-state index contributed by atoms with van der Waals surface area (Å²) in [6.07, 6.45) is 0. The molecule has 0 saturated carbocycles. The van der Waals surface area contributed by atoms with Gasteiger partial charge >= 0.3 is 0 Å². The van der Waals surface area contributed by atoms with Crippen LogP contribution in [0.5, 0.6) is 0 Å². The van der Waals surface area contributed by atoms with Crippen molar-refractivity contribution < 1.29 is 4.79 Å². The number of carbonyl (C=O) groups is 1. The van der Waals surface area contributed by atoms with Gasteiger partial charge in [-0.1, -0.05) is 13.8 Å². The summed E-state index contributed by atoms with van der Waals surface area (Å²) >= 11 is 6.81. The van der Waals surface area contributed by atoms with Crippen molar-refractivity contribution in [3.63, 3.8) is 0 Å². The number of nitrogens with one attached hydrogen (secondary N) is 1. The number of nitriles is 1. The van der Waals surface area contributed by atoms with E-state index in [1.165, 1.54) is 0 Å². The van der Waals surface area contributed by atoms with Gasteiger partial charge in [0.1, 0.15) is 5.92 Å². The minimum Gasteiger partial charge on any atom is -0.323 e. The zero-order chi connectivity index (χ0) is 13.9. The molecular weight excluding hydrogens is 360 g/mol. The molecule has 1 aromatic carbocycles. The van der Waals surface area contributed by atoms with Crippen molar-refractivity contribution in [2.75, 3.05) is 5.32 Å². The Morgan fingerprint density at radius 2 is 1.83 bits per heavy atom. The summed E-state index contributed by atoms with van der Waals surface area (Å²) in [6.45, 7) is 5.67. The standard InChI is InChI=1S/C13H14Br2N2O/c1-7(2)9(6-16)13(18)17-12-10(14)4-8(3)5-11(12)15/h4-5,7,9H,1-3H3,(H,17,18). The van der Waals surface area contributed by atoms with E-state index in [2.05, 4.69) is 37.2 Å². The van der Waals surface area contributed by atoms with Gasteiger partial charge in [-0.3, -0.25) is 4.79 Å². The molecule has 0 saturated heterocycles. The fourth-order valence-electron chi connectivity index (χ4n) is 1.53. The summed E-state index contributed by atoms with van der Waals surface area (Å²) in [6, 6.07) is 5.86. The maximum absolute atomic E-state index is 12.0. The van der Waals surface area contributed by atoms with Gasteiger partial charge in [0.2, 0.25) is 5.91 Å². The van der Waals surface area contributed by atoms with Gasteiger partial charge in [0.05, 0.1) is 11.8 Å². The molecule has 96 valence electrons. The highest BCUT2D eigenvalue weighted by molar-refractivity contribution is 9.11. The van der Waals surface area contributed by atoms with Crippen molar-refractivity contribution in [1.82, 2.24) is 0 Å². The van der Waals surface area contributed by atoms with E-state index in [4.69, 9.17) is 5.26 Å². The number of anilines is 1. The van der Waals surface area contributed by atoms with Crippen LogP contribution in [0.3, 0.4) is 0 Å². The number of carbonyl (C=O) groups excluding carboxylic acids is 1. The van der Waals surface area contributed by atoms with Gasteiger partial charge in [0, 0.05) is 8.95 Å². The molecular formula is C13H14Br2N2O. The smallest absolute Gasteiger partial charge is 0.242 e. The van der Waals surface area contributed by atoms with Crippen LogP contribution in [-0.4, -0.2) is 5.91 Å². The highest BCUT2D eigenvalue weighted by Gasteiger charge is 2.23. The van der Waals surface area contributed by atoms with Crippen molar-refractivity contribution in [1.29, 1.82) is 5.26 Å². The molecule has 0 aliphatic heterocycles. The van der Waals surface area contributed by atoms with Crippen LogP contribution in [0.4, 0.5) is 5.69 Å². The number of halogens is 2. The van der Waals surface area contributed by atoms with Gasteiger partial charge in [-0.05, 0) is 62.4 Å². The van der Waals surface area contributed by atoms with Crippen molar-refractivity contribution in [2.45, 2.75) is 20.8 Å². The second-order valence-corrected chi connectivity index (χ2v) is 6.15. The molecule has 0 fully saturated rings. The maximum Gasteiger partial charge on any atom is 0.242 e. The van der Waals surface area contributed by atoms with Crippen LogP contribution in [0.1, 0.15) is 19.4 Å². The van der Waals surface area contributed by atoms with Crippen LogP contribution < -0.4 is 5.32 Å². The molecule has 0 spiro atoms. The van der Waals surface area contributed by atoms with E-state index < -0.39 is 5.92 Å². The van der Waals surface area contributed by atoms with Crippen LogP contribution in [0.25, 0.3) is 0 Å². The number of nitrogens with zero attached hydrogens (tertiary/aromatic N) is 1. The van der Waals surface area contributed by atoms with E-state index in [-0.39, 0.29) is 11.8 Å². The van der Waals surface area contributed by atoms with Gasteiger partial charge in [-0.25, -0.2) is 0 Å². The van der Waals surface area contributed by atoms with Crippen LogP contribution >= 0.6 is 31.9 Å². The first kappa shape index (κ1) is 15.2. The Bertz CT molecular complexity index is 483. The predicted octanol–water partition coefficient (Wildman–Crippen LogP) is 4.25. The first-order valence-electron chi connectivity index (χ1n) is 5.53. The molecule has 3 nitrogen and oxygen atoms in total. The van der Waals surface area contributed by atoms with Crippen LogP contribution in [0, 0.1) is 30.1 Å². The quantitative estimate of drug-likeness (QED) is 0.860. The minimum atomic E-state index is -0.648. The van der Waals surface area contributed by atoms with Gasteiger partial charge in [0.15, 0.2) is 0 Å². The van der Waals surface area contributed by atoms with Gasteiger partial charge in [-0.2, -0.15) is 5.26 Å². The third-order valence-corrected chi connectivity index (χ3v) is 3.77. The van der Waals surface area contributed by atoms with E-state index in [9.17, 15) is 4.79 Å². The van der Waals surface area contributed by atoms with E-state index in [1.54, 1.807) is 0 Å². The molecule has 0 radical (unpaired) electrons. The van der Waals surface area contributed by atoms with Gasteiger partial charge in [0.25, 0.3) is 0 Å². The molecule has 0 aromatic heterocycles. The average Bonchev–Trinajstić information content (AvgIpc) is 2.23. The Hall–Kier alpha value is -0.860. The molecule has 18 heavy (non-hydrogen) atoms. The van der Waals surface area contributed by atoms with Crippen molar-refractivity contribution in [3.8, 4) is 6.07 Å². The number of hydrogen-bond donors (Lipinski definition) is 1. The molecule has 0 aliphatic carbocycles. The predicted molar refractivity (Wildman–Crippen MR) is 79.1 cm³/mol. The Kier molecular flexibility index (Phi) is 5.36. The van der Waals surface area contributed by atoms with Crippen molar-refractivity contribution in [3.05, 3.63) is 26.6 Å². The molecule has 0 aliphatic rings. The second-order valence-electron chi connectivity index (χ2n) is 4.44. The average molecular weight is 374 g/mol. The lowest BCUT2D eigenvalue weighted by Crippen LogP contribution is -2.26. The van der Waals surface area contributed by atoms with Crippen LogP contribution in [0.15, 0.2) is 21.1 Å². The summed E-state index contributed by atoms with van der Waals surface area (Å²) in [4.78, 5) is 12.0. The molecule has 1 unspecified atom stereocenters. The third kappa shape index (κ3) is 3.56. The second kappa shape index (κ2) is 6.35. The lowest BCUT2D eigenvalue weighted by atomic mass is 9.96. The fourth-order valence-corrected chi connectivity index (χ4v) is 3.14. The SMILES string of the molecule is Cc1cc(Br)c(NC(=O)C(C#N)C(C)C)c(Br)c1. The number of rotatable bonds is 3. The Morgan fingerprint density at radius 1 is 1.33 bits per heavy atom. The topological polar surface area (TPSA) is 52.9 Å². The molecule has 1 N–H and O–H groups in total. The number of benzene rings is 1. The molecule has 1 atom stereocenters. The van der Waals surface area contributed by atoms with Crippen molar-refractivity contribution >= 4 is 43.5 Å². The summed E-state index contributed by atoms with van der Waals surface area (Å²) in [7, 11) is 0. The van der Waals surface area contributed by atoms with E-state index in [0.717, 1.165) is 14.5 Å². The molecule has 1 rings (SSSR count). The van der Waals surface area contributed by atoms with E-state index >= 15 is 0 Å². The largest absolute Gasteiger partial charge is 0.323 e. The van der Waals surface area contributed by atoms with Crippen LogP contribution in [-0.2, 0) is 4.79 Å². The number of hydrogen-bond acceptors (Lipinski definition) is 2. The number of aryl methyl sites for hydroxylation is 1. The first-order chi connectivity index (χ1) is 8.36. The highest BCUT2D eigenvalue weighted by atomic mass is 79.9. The monoisotopic (exact) mass is 372 g/mol. The molecule has 0 heterocycles. The first-order valence-corrected chi connectivity index (χ1v) is 7.11. The zero-order valence-electron chi connectivity index (χ0n) is 10.4. The molecule has 5 heteroatoms. The number of amides is 1. The summed E-state index contributed by atoms with van der Waals surface area (Å²) in [5, 5.41) is 11.8. The Morgan fingerprint density at radius 3 is 2.22 bits per heavy atom. The summed E-state index contributed by atoms with van der Waals surface area (Å²) < 4.78 is 1.59. The lowest BCUT2D eigenvalue weighted by molar-refractivity contribution is -0.119. The van der Waals surface area contributed by atoms with E-state index in [1.807, 2.05) is 39.0 Å². The highest BCUT2D eigenvalue weighted by Crippen LogP contribution is 2.32.